The van der Waals surface area contributed by atoms with Gasteiger partial charge >= 0.3 is 0 Å². The standard InChI is InChI=1S/C14H30N2/c1-6-12(4)13(5)15-9-10-16(11(2)3)14-7-8-14/h11-15H,6-10H2,1-5H3. The van der Waals surface area contributed by atoms with Crippen LogP contribution in [0.2, 0.25) is 0 Å². The third-order valence-electron chi connectivity index (χ3n) is 4.01. The molecule has 96 valence electrons. The maximum absolute atomic E-state index is 3.66. The van der Waals surface area contributed by atoms with E-state index in [0.29, 0.717) is 12.1 Å². The fourth-order valence-corrected chi connectivity index (χ4v) is 2.24. The molecule has 1 N–H and O–H groups in total. The van der Waals surface area contributed by atoms with E-state index < -0.39 is 0 Å². The number of hydrogen-bond donors (Lipinski definition) is 1. The van der Waals surface area contributed by atoms with Crippen molar-refractivity contribution in [1.82, 2.24) is 10.2 Å². The summed E-state index contributed by atoms with van der Waals surface area (Å²) < 4.78 is 0. The summed E-state index contributed by atoms with van der Waals surface area (Å²) in [7, 11) is 0. The molecule has 0 aromatic carbocycles. The van der Waals surface area contributed by atoms with Crippen LogP contribution in [0.25, 0.3) is 0 Å². The molecule has 2 nitrogen and oxygen atoms in total. The van der Waals surface area contributed by atoms with Crippen molar-refractivity contribution in [3.63, 3.8) is 0 Å². The van der Waals surface area contributed by atoms with Crippen molar-refractivity contribution in [2.75, 3.05) is 13.1 Å². The Balaban J connectivity index is 2.17. The second-order valence-corrected chi connectivity index (χ2v) is 5.69. The average molecular weight is 226 g/mol. The normalized spacial score (nSPS) is 20.4. The van der Waals surface area contributed by atoms with E-state index in [-0.39, 0.29) is 0 Å². The molecule has 16 heavy (non-hydrogen) atoms. The fourth-order valence-electron chi connectivity index (χ4n) is 2.24. The highest BCUT2D eigenvalue weighted by atomic mass is 15.2. The van der Waals surface area contributed by atoms with E-state index in [1.165, 1.54) is 25.8 Å². The molecule has 0 spiro atoms. The minimum absolute atomic E-state index is 0.651. The molecule has 0 aromatic rings. The van der Waals surface area contributed by atoms with Crippen molar-refractivity contribution >= 4 is 0 Å². The third-order valence-corrected chi connectivity index (χ3v) is 4.01. The van der Waals surface area contributed by atoms with E-state index in [1.54, 1.807) is 0 Å². The summed E-state index contributed by atoms with van der Waals surface area (Å²) in [6.45, 7) is 13.9. The molecule has 0 radical (unpaired) electrons. The first-order chi connectivity index (χ1) is 7.56. The Morgan fingerprint density at radius 2 is 1.81 bits per heavy atom. The Morgan fingerprint density at radius 3 is 2.25 bits per heavy atom. The van der Waals surface area contributed by atoms with Crippen LogP contribution in [0.5, 0.6) is 0 Å². The van der Waals surface area contributed by atoms with E-state index in [1.807, 2.05) is 0 Å². The van der Waals surface area contributed by atoms with Crippen molar-refractivity contribution in [3.8, 4) is 0 Å². The first-order valence-electron chi connectivity index (χ1n) is 7.05. The Labute approximate surface area is 102 Å². The lowest BCUT2D eigenvalue weighted by Crippen LogP contribution is -2.42. The van der Waals surface area contributed by atoms with Gasteiger partial charge in [0.05, 0.1) is 0 Å². The summed E-state index contributed by atoms with van der Waals surface area (Å²) in [6.07, 6.45) is 4.10. The molecule has 2 unspecified atom stereocenters. The molecule has 0 aromatic heterocycles. The van der Waals surface area contributed by atoms with Gasteiger partial charge in [0.25, 0.3) is 0 Å². The number of hydrogen-bond acceptors (Lipinski definition) is 2. The van der Waals surface area contributed by atoms with Gasteiger partial charge in [-0.1, -0.05) is 20.3 Å². The molecular weight excluding hydrogens is 196 g/mol. The van der Waals surface area contributed by atoms with Gasteiger partial charge in [-0.25, -0.2) is 0 Å². The van der Waals surface area contributed by atoms with Crippen LogP contribution < -0.4 is 5.32 Å². The maximum Gasteiger partial charge on any atom is 0.0113 e. The predicted octanol–water partition coefficient (Wildman–Crippen LogP) is 2.88. The van der Waals surface area contributed by atoms with E-state index >= 15 is 0 Å². The van der Waals surface area contributed by atoms with E-state index in [2.05, 4.69) is 44.8 Å². The molecule has 0 heterocycles. The first kappa shape index (κ1) is 14.0. The van der Waals surface area contributed by atoms with Gasteiger partial charge in [-0.2, -0.15) is 0 Å². The minimum atomic E-state index is 0.651. The van der Waals surface area contributed by atoms with Gasteiger partial charge in [0.1, 0.15) is 0 Å². The molecule has 2 heteroatoms. The molecule has 0 amide bonds. The molecule has 0 aliphatic heterocycles. The van der Waals surface area contributed by atoms with Gasteiger partial charge in [0.2, 0.25) is 0 Å². The van der Waals surface area contributed by atoms with E-state index in [4.69, 9.17) is 0 Å². The van der Waals surface area contributed by atoms with Gasteiger partial charge in [-0.15, -0.1) is 0 Å². The third kappa shape index (κ3) is 4.42. The van der Waals surface area contributed by atoms with E-state index in [0.717, 1.165) is 18.5 Å². The lowest BCUT2D eigenvalue weighted by atomic mass is 10.0. The van der Waals surface area contributed by atoms with Crippen molar-refractivity contribution < 1.29 is 0 Å². The van der Waals surface area contributed by atoms with Crippen LogP contribution in [0.1, 0.15) is 53.9 Å². The molecular formula is C14H30N2. The monoisotopic (exact) mass is 226 g/mol. The van der Waals surface area contributed by atoms with Crippen LogP contribution in [0.15, 0.2) is 0 Å². The summed E-state index contributed by atoms with van der Waals surface area (Å²) in [5.74, 6) is 0.786. The van der Waals surface area contributed by atoms with Gasteiger partial charge in [-0.3, -0.25) is 4.90 Å². The zero-order chi connectivity index (χ0) is 12.1. The molecule has 2 atom stereocenters. The molecule has 1 fully saturated rings. The maximum atomic E-state index is 3.66. The van der Waals surface area contributed by atoms with Crippen LogP contribution in [0.4, 0.5) is 0 Å². The summed E-state index contributed by atoms with van der Waals surface area (Å²) in [6, 6.07) is 2.24. The average Bonchev–Trinajstić information content (AvgIpc) is 3.06. The summed E-state index contributed by atoms with van der Waals surface area (Å²) in [5.41, 5.74) is 0. The van der Waals surface area contributed by atoms with Crippen LogP contribution >= 0.6 is 0 Å². The smallest absolute Gasteiger partial charge is 0.0113 e. The van der Waals surface area contributed by atoms with Crippen LogP contribution in [0.3, 0.4) is 0 Å². The predicted molar refractivity (Wildman–Crippen MR) is 71.8 cm³/mol. The number of nitrogens with zero attached hydrogens (tertiary/aromatic N) is 1. The highest BCUT2D eigenvalue weighted by molar-refractivity contribution is 4.86. The second-order valence-electron chi connectivity index (χ2n) is 5.69. The molecule has 0 saturated heterocycles. The number of rotatable bonds is 8. The Kier molecular flexibility index (Phi) is 5.77. The zero-order valence-electron chi connectivity index (χ0n) is 11.8. The second kappa shape index (κ2) is 6.61. The summed E-state index contributed by atoms with van der Waals surface area (Å²) in [4.78, 5) is 2.65. The SMILES string of the molecule is CCC(C)C(C)NCCN(C(C)C)C1CC1. The van der Waals surface area contributed by atoms with Crippen LogP contribution in [-0.2, 0) is 0 Å². The van der Waals surface area contributed by atoms with Crippen molar-refractivity contribution in [1.29, 1.82) is 0 Å². The van der Waals surface area contributed by atoms with Gasteiger partial charge in [0.15, 0.2) is 0 Å². The highest BCUT2D eigenvalue weighted by Gasteiger charge is 2.30. The first-order valence-corrected chi connectivity index (χ1v) is 7.05. The van der Waals surface area contributed by atoms with Gasteiger partial charge < -0.3 is 5.32 Å². The molecule has 1 aliphatic rings. The molecule has 1 aliphatic carbocycles. The lowest BCUT2D eigenvalue weighted by molar-refractivity contribution is 0.206. The van der Waals surface area contributed by atoms with Crippen molar-refractivity contribution in [2.45, 2.75) is 72.0 Å². The molecule has 1 saturated carbocycles. The molecule has 0 bridgehead atoms. The largest absolute Gasteiger partial charge is 0.313 e. The zero-order valence-corrected chi connectivity index (χ0v) is 11.8. The van der Waals surface area contributed by atoms with Crippen molar-refractivity contribution in [3.05, 3.63) is 0 Å². The van der Waals surface area contributed by atoms with Crippen molar-refractivity contribution in [2.24, 2.45) is 5.92 Å². The Morgan fingerprint density at radius 1 is 1.19 bits per heavy atom. The Bertz CT molecular complexity index is 185. The highest BCUT2D eigenvalue weighted by Crippen LogP contribution is 2.27. The van der Waals surface area contributed by atoms with Crippen LogP contribution in [0, 0.1) is 5.92 Å². The van der Waals surface area contributed by atoms with Gasteiger partial charge in [-0.05, 0) is 39.5 Å². The topological polar surface area (TPSA) is 15.3 Å². The number of nitrogens with one attached hydrogen (secondary N) is 1. The molecule has 1 rings (SSSR count). The lowest BCUT2D eigenvalue weighted by Gasteiger charge is -2.28. The minimum Gasteiger partial charge on any atom is -0.313 e. The van der Waals surface area contributed by atoms with E-state index in [9.17, 15) is 0 Å². The Hall–Kier alpha value is -0.0800. The summed E-state index contributed by atoms with van der Waals surface area (Å²) >= 11 is 0. The van der Waals surface area contributed by atoms with Gasteiger partial charge in [0, 0.05) is 31.2 Å². The fraction of sp³-hybridized carbons (Fsp3) is 1.00. The van der Waals surface area contributed by atoms with Crippen LogP contribution in [-0.4, -0.2) is 36.1 Å². The quantitative estimate of drug-likeness (QED) is 0.684. The summed E-state index contributed by atoms with van der Waals surface area (Å²) in [5, 5.41) is 3.66.